The van der Waals surface area contributed by atoms with Gasteiger partial charge in [0.15, 0.2) is 5.82 Å². The Morgan fingerprint density at radius 2 is 1.84 bits per heavy atom. The van der Waals surface area contributed by atoms with Crippen LogP contribution in [0.1, 0.15) is 32.1 Å². The number of anilines is 1. The van der Waals surface area contributed by atoms with E-state index in [1.807, 2.05) is 17.0 Å². The topological polar surface area (TPSA) is 67.8 Å². The van der Waals surface area contributed by atoms with Crippen molar-refractivity contribution in [1.82, 2.24) is 15.1 Å². The molecule has 1 aromatic rings. The zero-order valence-electron chi connectivity index (χ0n) is 15.0. The number of hydrogen-bond donors (Lipinski definition) is 0. The molecule has 1 aliphatic heterocycles. The van der Waals surface area contributed by atoms with Gasteiger partial charge in [0, 0.05) is 45.3 Å². The molecular formula is C18H28N4O3. The zero-order valence-corrected chi connectivity index (χ0v) is 15.0. The predicted molar refractivity (Wildman–Crippen MR) is 94.8 cm³/mol. The normalized spacial score (nSPS) is 19.1. The van der Waals surface area contributed by atoms with Crippen molar-refractivity contribution in [1.29, 1.82) is 0 Å². The van der Waals surface area contributed by atoms with Gasteiger partial charge in [0.2, 0.25) is 11.8 Å². The van der Waals surface area contributed by atoms with Crippen LogP contribution < -0.4 is 9.64 Å². The predicted octanol–water partition coefficient (Wildman–Crippen LogP) is 1.73. The number of carbonyl (C=O) groups excluding carboxylic acids is 1. The molecule has 1 amide bonds. The van der Waals surface area contributed by atoms with Gasteiger partial charge in [-0.1, -0.05) is 19.3 Å². The van der Waals surface area contributed by atoms with Crippen molar-refractivity contribution in [3.05, 3.63) is 12.1 Å². The summed E-state index contributed by atoms with van der Waals surface area (Å²) in [5.74, 6) is 1.95. The molecule has 0 radical (unpaired) electrons. The molecule has 1 saturated heterocycles. The molecule has 138 valence electrons. The molecule has 25 heavy (non-hydrogen) atoms. The fraction of sp³-hybridized carbons (Fsp3) is 0.722. The van der Waals surface area contributed by atoms with Crippen molar-refractivity contribution in [2.24, 2.45) is 5.92 Å². The molecule has 3 rings (SSSR count). The smallest absolute Gasteiger partial charge is 0.233 e. The lowest BCUT2D eigenvalue weighted by Crippen LogP contribution is -2.50. The van der Waals surface area contributed by atoms with Gasteiger partial charge in [-0.2, -0.15) is 0 Å². The van der Waals surface area contributed by atoms with Gasteiger partial charge in [0.1, 0.15) is 6.61 Å². The van der Waals surface area contributed by atoms with E-state index in [0.717, 1.165) is 44.8 Å². The molecule has 1 aliphatic carbocycles. The SMILES string of the molecule is COCCOc1ccc(N2CCN(C(=O)C3CCCCC3)CC2)nn1. The molecule has 2 aliphatic rings. The van der Waals surface area contributed by atoms with Crippen molar-refractivity contribution >= 4 is 11.7 Å². The maximum atomic E-state index is 12.6. The fourth-order valence-corrected chi connectivity index (χ4v) is 3.55. The second-order valence-corrected chi connectivity index (χ2v) is 6.72. The minimum absolute atomic E-state index is 0.253. The van der Waals surface area contributed by atoms with Crippen molar-refractivity contribution in [2.45, 2.75) is 32.1 Å². The van der Waals surface area contributed by atoms with E-state index in [4.69, 9.17) is 9.47 Å². The van der Waals surface area contributed by atoms with E-state index in [-0.39, 0.29) is 5.92 Å². The summed E-state index contributed by atoms with van der Waals surface area (Å²) >= 11 is 0. The highest BCUT2D eigenvalue weighted by atomic mass is 16.5. The van der Waals surface area contributed by atoms with E-state index in [1.165, 1.54) is 19.3 Å². The van der Waals surface area contributed by atoms with Crippen molar-refractivity contribution in [2.75, 3.05) is 51.4 Å². The highest BCUT2D eigenvalue weighted by Gasteiger charge is 2.28. The third-order valence-electron chi connectivity index (χ3n) is 5.03. The van der Waals surface area contributed by atoms with E-state index < -0.39 is 0 Å². The summed E-state index contributed by atoms with van der Waals surface area (Å²) in [6, 6.07) is 3.76. The lowest BCUT2D eigenvalue weighted by molar-refractivity contribution is -0.136. The summed E-state index contributed by atoms with van der Waals surface area (Å²) in [6.07, 6.45) is 5.81. The number of amides is 1. The maximum absolute atomic E-state index is 12.6. The van der Waals surface area contributed by atoms with Gasteiger partial charge in [0.25, 0.3) is 0 Å². The Morgan fingerprint density at radius 1 is 1.08 bits per heavy atom. The highest BCUT2D eigenvalue weighted by Crippen LogP contribution is 2.26. The van der Waals surface area contributed by atoms with E-state index >= 15 is 0 Å². The van der Waals surface area contributed by atoms with E-state index in [2.05, 4.69) is 15.1 Å². The number of piperazine rings is 1. The standard InChI is InChI=1S/C18H28N4O3/c1-24-13-14-25-17-8-7-16(19-20-17)21-9-11-22(12-10-21)18(23)15-5-3-2-4-6-15/h7-8,15H,2-6,9-14H2,1H3. The van der Waals surface area contributed by atoms with Crippen LogP contribution in [0.5, 0.6) is 5.88 Å². The van der Waals surface area contributed by atoms with Crippen LogP contribution in [0.25, 0.3) is 0 Å². The summed E-state index contributed by atoms with van der Waals surface area (Å²) in [5, 5.41) is 8.35. The highest BCUT2D eigenvalue weighted by molar-refractivity contribution is 5.79. The zero-order chi connectivity index (χ0) is 17.5. The first-order chi connectivity index (χ1) is 12.3. The van der Waals surface area contributed by atoms with Gasteiger partial charge in [-0.05, 0) is 18.9 Å². The lowest BCUT2D eigenvalue weighted by Gasteiger charge is -2.37. The minimum Gasteiger partial charge on any atom is -0.474 e. The molecule has 2 heterocycles. The molecule has 0 unspecified atom stereocenters. The maximum Gasteiger partial charge on any atom is 0.233 e. The second kappa shape index (κ2) is 8.99. The summed E-state index contributed by atoms with van der Waals surface area (Å²) < 4.78 is 10.4. The van der Waals surface area contributed by atoms with Gasteiger partial charge in [-0.3, -0.25) is 4.79 Å². The van der Waals surface area contributed by atoms with Gasteiger partial charge in [-0.15, -0.1) is 10.2 Å². The molecule has 0 aromatic carbocycles. The van der Waals surface area contributed by atoms with E-state index in [0.29, 0.717) is 25.0 Å². The Kier molecular flexibility index (Phi) is 6.44. The van der Waals surface area contributed by atoms with Crippen molar-refractivity contribution < 1.29 is 14.3 Å². The molecular weight excluding hydrogens is 320 g/mol. The van der Waals surface area contributed by atoms with Gasteiger partial charge >= 0.3 is 0 Å². The third-order valence-corrected chi connectivity index (χ3v) is 5.03. The first kappa shape index (κ1) is 17.9. The Morgan fingerprint density at radius 3 is 2.48 bits per heavy atom. The van der Waals surface area contributed by atoms with Crippen LogP contribution in [0.15, 0.2) is 12.1 Å². The van der Waals surface area contributed by atoms with Crippen LogP contribution in [-0.2, 0) is 9.53 Å². The van der Waals surface area contributed by atoms with Crippen LogP contribution in [0.2, 0.25) is 0 Å². The molecule has 1 aromatic heterocycles. The van der Waals surface area contributed by atoms with Crippen LogP contribution in [0.4, 0.5) is 5.82 Å². The monoisotopic (exact) mass is 348 g/mol. The van der Waals surface area contributed by atoms with Gasteiger partial charge in [-0.25, -0.2) is 0 Å². The molecule has 0 atom stereocenters. The Hall–Kier alpha value is -1.89. The number of nitrogens with zero attached hydrogens (tertiary/aromatic N) is 4. The van der Waals surface area contributed by atoms with E-state index in [1.54, 1.807) is 7.11 Å². The Balaban J connectivity index is 1.47. The van der Waals surface area contributed by atoms with Crippen molar-refractivity contribution in [3.63, 3.8) is 0 Å². The Labute approximate surface area is 149 Å². The van der Waals surface area contributed by atoms with Crippen molar-refractivity contribution in [3.8, 4) is 5.88 Å². The van der Waals surface area contributed by atoms with Gasteiger partial charge in [0.05, 0.1) is 6.61 Å². The molecule has 7 nitrogen and oxygen atoms in total. The number of aromatic nitrogens is 2. The molecule has 0 bridgehead atoms. The van der Waals surface area contributed by atoms with Crippen LogP contribution in [-0.4, -0.2) is 67.5 Å². The van der Waals surface area contributed by atoms with E-state index in [9.17, 15) is 4.79 Å². The minimum atomic E-state index is 0.253. The first-order valence-electron chi connectivity index (χ1n) is 9.27. The first-order valence-corrected chi connectivity index (χ1v) is 9.27. The number of carbonyl (C=O) groups is 1. The molecule has 2 fully saturated rings. The lowest BCUT2D eigenvalue weighted by atomic mass is 9.88. The number of methoxy groups -OCH3 is 1. The summed E-state index contributed by atoms with van der Waals surface area (Å²) in [7, 11) is 1.64. The molecule has 0 N–H and O–H groups in total. The second-order valence-electron chi connectivity index (χ2n) is 6.72. The average molecular weight is 348 g/mol. The summed E-state index contributed by atoms with van der Waals surface area (Å²) in [5.41, 5.74) is 0. The number of ether oxygens (including phenoxy) is 2. The molecule has 7 heteroatoms. The Bertz CT molecular complexity index is 538. The summed E-state index contributed by atoms with van der Waals surface area (Å²) in [6.45, 7) is 4.13. The number of hydrogen-bond acceptors (Lipinski definition) is 6. The largest absolute Gasteiger partial charge is 0.474 e. The van der Waals surface area contributed by atoms with Gasteiger partial charge < -0.3 is 19.3 Å². The van der Waals surface area contributed by atoms with Crippen LogP contribution >= 0.6 is 0 Å². The quantitative estimate of drug-likeness (QED) is 0.730. The summed E-state index contributed by atoms with van der Waals surface area (Å²) in [4.78, 5) is 16.8. The fourth-order valence-electron chi connectivity index (χ4n) is 3.55. The van der Waals surface area contributed by atoms with Crippen LogP contribution in [0.3, 0.4) is 0 Å². The average Bonchev–Trinajstić information content (AvgIpc) is 2.69. The third kappa shape index (κ3) is 4.81. The van der Waals surface area contributed by atoms with Crippen LogP contribution in [0, 0.1) is 5.92 Å². The molecule has 0 spiro atoms. The molecule has 1 saturated carbocycles. The number of rotatable bonds is 6.